The minimum absolute atomic E-state index is 0.0162. The predicted octanol–water partition coefficient (Wildman–Crippen LogP) is 3.07. The van der Waals surface area contributed by atoms with Crippen molar-refractivity contribution in [1.29, 1.82) is 0 Å². The van der Waals surface area contributed by atoms with Gasteiger partial charge in [-0.05, 0) is 37.0 Å². The monoisotopic (exact) mass is 297 g/mol. The van der Waals surface area contributed by atoms with Gasteiger partial charge in [-0.1, -0.05) is 29.3 Å². The van der Waals surface area contributed by atoms with Crippen LogP contribution in [0.3, 0.4) is 0 Å². The van der Waals surface area contributed by atoms with Gasteiger partial charge in [-0.2, -0.15) is 0 Å². The van der Waals surface area contributed by atoms with Crippen LogP contribution in [0.4, 0.5) is 0 Å². The van der Waals surface area contributed by atoms with Crippen molar-refractivity contribution >= 4 is 21.8 Å². The number of hydrogen-bond donors (Lipinski definition) is 2. The van der Waals surface area contributed by atoms with Gasteiger partial charge in [0, 0.05) is 10.5 Å². The zero-order valence-corrected chi connectivity index (χ0v) is 11.3. The molecule has 1 aliphatic carbocycles. The second kappa shape index (κ2) is 5.08. The molecule has 2 atom stereocenters. The summed E-state index contributed by atoms with van der Waals surface area (Å²) in [6.07, 6.45) is 3.36. The number of carbonyl (C=O) groups is 1. The summed E-state index contributed by atoms with van der Waals surface area (Å²) in [6, 6.07) is 5.17. The van der Waals surface area contributed by atoms with Gasteiger partial charge in [0.1, 0.15) is 5.75 Å². The average molecular weight is 298 g/mol. The molecule has 0 saturated heterocycles. The number of amides is 1. The van der Waals surface area contributed by atoms with Crippen LogP contribution in [0, 0.1) is 5.92 Å². The maximum absolute atomic E-state index is 12.0. The Labute approximate surface area is 109 Å². The van der Waals surface area contributed by atoms with Gasteiger partial charge < -0.3 is 10.4 Å². The molecule has 1 amide bonds. The molecular weight excluding hydrogens is 282 g/mol. The van der Waals surface area contributed by atoms with Gasteiger partial charge in [-0.3, -0.25) is 4.79 Å². The normalized spacial score (nSPS) is 23.6. The predicted molar refractivity (Wildman–Crippen MR) is 70.1 cm³/mol. The lowest BCUT2D eigenvalue weighted by atomic mass is 10.1. The summed E-state index contributed by atoms with van der Waals surface area (Å²) in [7, 11) is 0. The van der Waals surface area contributed by atoms with E-state index in [1.54, 1.807) is 12.1 Å². The third-order valence-electron chi connectivity index (χ3n) is 3.38. The molecule has 0 aliphatic heterocycles. The highest BCUT2D eigenvalue weighted by Gasteiger charge is 2.25. The first-order valence-electron chi connectivity index (χ1n) is 5.87. The molecule has 2 N–H and O–H groups in total. The number of benzene rings is 1. The molecule has 0 radical (unpaired) electrons. The first-order chi connectivity index (χ1) is 8.08. The van der Waals surface area contributed by atoms with Crippen LogP contribution in [0.1, 0.15) is 36.5 Å². The van der Waals surface area contributed by atoms with Gasteiger partial charge >= 0.3 is 0 Å². The maximum Gasteiger partial charge on any atom is 0.255 e. The summed E-state index contributed by atoms with van der Waals surface area (Å²) in [5.41, 5.74) is 0.340. The first-order valence-corrected chi connectivity index (χ1v) is 6.66. The average Bonchev–Trinajstić information content (AvgIpc) is 2.64. The number of nitrogens with one attached hydrogen (secondary N) is 1. The van der Waals surface area contributed by atoms with Crippen molar-refractivity contribution in [3.8, 4) is 5.75 Å². The molecule has 3 nitrogen and oxygen atoms in total. The van der Waals surface area contributed by atoms with Crippen LogP contribution in [-0.4, -0.2) is 17.1 Å². The van der Waals surface area contributed by atoms with Crippen LogP contribution < -0.4 is 5.32 Å². The fourth-order valence-electron chi connectivity index (χ4n) is 2.30. The molecule has 0 aromatic heterocycles. The Bertz CT molecular complexity index is 433. The van der Waals surface area contributed by atoms with Crippen molar-refractivity contribution in [2.45, 2.75) is 32.2 Å². The highest BCUT2D eigenvalue weighted by molar-refractivity contribution is 9.10. The van der Waals surface area contributed by atoms with Crippen LogP contribution in [0.25, 0.3) is 0 Å². The van der Waals surface area contributed by atoms with Crippen molar-refractivity contribution < 1.29 is 9.90 Å². The van der Waals surface area contributed by atoms with E-state index in [0.29, 0.717) is 11.5 Å². The molecule has 1 fully saturated rings. The van der Waals surface area contributed by atoms with Gasteiger partial charge in [0.15, 0.2) is 0 Å². The summed E-state index contributed by atoms with van der Waals surface area (Å²) in [6.45, 7) is 2.15. The molecule has 1 saturated carbocycles. The number of phenols is 1. The number of hydrogen-bond acceptors (Lipinski definition) is 2. The largest absolute Gasteiger partial charge is 0.507 e. The zero-order chi connectivity index (χ0) is 12.4. The van der Waals surface area contributed by atoms with Crippen LogP contribution in [0.15, 0.2) is 22.7 Å². The Kier molecular flexibility index (Phi) is 3.72. The highest BCUT2D eigenvalue weighted by atomic mass is 79.9. The van der Waals surface area contributed by atoms with Gasteiger partial charge in [0.2, 0.25) is 0 Å². The van der Waals surface area contributed by atoms with Gasteiger partial charge in [0.25, 0.3) is 5.91 Å². The number of aromatic hydroxyl groups is 1. The summed E-state index contributed by atoms with van der Waals surface area (Å²) >= 11 is 3.25. The molecule has 0 spiro atoms. The summed E-state index contributed by atoms with van der Waals surface area (Å²) in [5.74, 6) is 0.354. The lowest BCUT2D eigenvalue weighted by molar-refractivity contribution is 0.0927. The summed E-state index contributed by atoms with van der Waals surface area (Å²) < 4.78 is 0.765. The third kappa shape index (κ3) is 2.80. The topological polar surface area (TPSA) is 49.3 Å². The molecule has 4 heteroatoms. The minimum Gasteiger partial charge on any atom is -0.507 e. The summed E-state index contributed by atoms with van der Waals surface area (Å²) in [4.78, 5) is 12.0. The SMILES string of the molecule is CC1CCCC1NC(=O)c1ccc(Br)cc1O. The van der Waals surface area contributed by atoms with E-state index in [1.165, 1.54) is 12.5 Å². The van der Waals surface area contributed by atoms with E-state index in [4.69, 9.17) is 0 Å². The number of phenolic OH excluding ortho intramolecular Hbond substituents is 1. The van der Waals surface area contributed by atoms with E-state index in [0.717, 1.165) is 17.3 Å². The lowest BCUT2D eigenvalue weighted by Gasteiger charge is -2.17. The smallest absolute Gasteiger partial charge is 0.255 e. The van der Waals surface area contributed by atoms with Crippen molar-refractivity contribution in [2.24, 2.45) is 5.92 Å². The number of halogens is 1. The minimum atomic E-state index is -0.186. The molecule has 0 bridgehead atoms. The van der Waals surface area contributed by atoms with Crippen molar-refractivity contribution in [3.05, 3.63) is 28.2 Å². The lowest BCUT2D eigenvalue weighted by Crippen LogP contribution is -2.36. The van der Waals surface area contributed by atoms with Crippen molar-refractivity contribution in [3.63, 3.8) is 0 Å². The van der Waals surface area contributed by atoms with E-state index >= 15 is 0 Å². The Morgan fingerprint density at radius 1 is 1.47 bits per heavy atom. The number of rotatable bonds is 2. The van der Waals surface area contributed by atoms with E-state index < -0.39 is 0 Å². The van der Waals surface area contributed by atoms with Crippen LogP contribution in [0.5, 0.6) is 5.75 Å². The van der Waals surface area contributed by atoms with Crippen LogP contribution in [-0.2, 0) is 0 Å². The Balaban J connectivity index is 2.09. The molecule has 2 rings (SSSR count). The fraction of sp³-hybridized carbons (Fsp3) is 0.462. The van der Waals surface area contributed by atoms with E-state index in [9.17, 15) is 9.90 Å². The second-order valence-electron chi connectivity index (χ2n) is 4.65. The van der Waals surface area contributed by atoms with E-state index in [2.05, 4.69) is 28.2 Å². The molecule has 2 unspecified atom stereocenters. The maximum atomic E-state index is 12.0. The molecular formula is C13H16BrNO2. The first kappa shape index (κ1) is 12.4. The van der Waals surface area contributed by atoms with Crippen molar-refractivity contribution in [2.75, 3.05) is 0 Å². The highest BCUT2D eigenvalue weighted by Crippen LogP contribution is 2.26. The Hall–Kier alpha value is -1.03. The van der Waals surface area contributed by atoms with Crippen LogP contribution >= 0.6 is 15.9 Å². The fourth-order valence-corrected chi connectivity index (χ4v) is 2.65. The van der Waals surface area contributed by atoms with Gasteiger partial charge in [0.05, 0.1) is 5.56 Å². The Morgan fingerprint density at radius 3 is 2.82 bits per heavy atom. The zero-order valence-electron chi connectivity index (χ0n) is 9.74. The van der Waals surface area contributed by atoms with Gasteiger partial charge in [-0.15, -0.1) is 0 Å². The molecule has 17 heavy (non-hydrogen) atoms. The third-order valence-corrected chi connectivity index (χ3v) is 3.88. The molecule has 1 aromatic rings. The molecule has 0 heterocycles. The van der Waals surface area contributed by atoms with Crippen LogP contribution in [0.2, 0.25) is 0 Å². The molecule has 1 aromatic carbocycles. The van der Waals surface area contributed by atoms with E-state index in [1.807, 2.05) is 0 Å². The second-order valence-corrected chi connectivity index (χ2v) is 5.57. The number of carbonyl (C=O) groups excluding carboxylic acids is 1. The van der Waals surface area contributed by atoms with E-state index in [-0.39, 0.29) is 17.7 Å². The standard InChI is InChI=1S/C13H16BrNO2/c1-8-3-2-4-11(8)15-13(17)10-6-5-9(14)7-12(10)16/h5-8,11,16H,2-4H2,1H3,(H,15,17). The summed E-state index contributed by atoms with van der Waals surface area (Å²) in [5, 5.41) is 12.7. The Morgan fingerprint density at radius 2 is 2.24 bits per heavy atom. The molecule has 92 valence electrons. The van der Waals surface area contributed by atoms with Crippen molar-refractivity contribution in [1.82, 2.24) is 5.32 Å². The van der Waals surface area contributed by atoms with Gasteiger partial charge in [-0.25, -0.2) is 0 Å². The molecule has 1 aliphatic rings. The quantitative estimate of drug-likeness (QED) is 0.881.